The summed E-state index contributed by atoms with van der Waals surface area (Å²) in [5.74, 6) is 0.831. The van der Waals surface area contributed by atoms with E-state index in [9.17, 15) is 4.79 Å². The van der Waals surface area contributed by atoms with Crippen LogP contribution >= 0.6 is 0 Å². The van der Waals surface area contributed by atoms with Crippen LogP contribution in [0.3, 0.4) is 0 Å². The van der Waals surface area contributed by atoms with E-state index in [2.05, 4.69) is 25.2 Å². The van der Waals surface area contributed by atoms with Gasteiger partial charge in [-0.25, -0.2) is 0 Å². The van der Waals surface area contributed by atoms with Crippen molar-refractivity contribution in [2.75, 3.05) is 13.1 Å². The summed E-state index contributed by atoms with van der Waals surface area (Å²) in [5.41, 5.74) is 0.788. The zero-order chi connectivity index (χ0) is 13.7. The summed E-state index contributed by atoms with van der Waals surface area (Å²) in [5, 5.41) is 5.51. The second-order valence-electron chi connectivity index (χ2n) is 5.34. The van der Waals surface area contributed by atoms with Gasteiger partial charge in [0.2, 0.25) is 0 Å². The molecule has 2 nitrogen and oxygen atoms in total. The van der Waals surface area contributed by atoms with Crippen LogP contribution in [0.5, 0.6) is 0 Å². The molecule has 0 bridgehead atoms. The second kappa shape index (κ2) is 6.48. The average molecular weight is 255 g/mol. The number of hydrogen-bond acceptors (Lipinski definition) is 2. The van der Waals surface area contributed by atoms with Gasteiger partial charge in [-0.3, -0.25) is 4.79 Å². The Morgan fingerprint density at radius 1 is 1.11 bits per heavy atom. The summed E-state index contributed by atoms with van der Waals surface area (Å²) in [6.45, 7) is 5.70. The lowest BCUT2D eigenvalue weighted by Gasteiger charge is -2.07. The number of carbonyl (C=O) groups excluding carboxylic acids is 1. The Kier molecular flexibility index (Phi) is 4.69. The van der Waals surface area contributed by atoms with E-state index in [0.717, 1.165) is 23.9 Å². The van der Waals surface area contributed by atoms with Crippen LogP contribution in [-0.2, 0) is 0 Å². The number of benzene rings is 2. The van der Waals surface area contributed by atoms with E-state index in [0.29, 0.717) is 12.5 Å². The molecule has 2 aromatic carbocycles. The van der Waals surface area contributed by atoms with E-state index in [1.165, 1.54) is 5.39 Å². The Labute approximate surface area is 114 Å². The summed E-state index contributed by atoms with van der Waals surface area (Å²) >= 11 is 0. The van der Waals surface area contributed by atoms with Crippen molar-refractivity contribution < 1.29 is 4.79 Å². The molecule has 0 saturated carbocycles. The molecule has 2 rings (SSSR count). The topological polar surface area (TPSA) is 29.1 Å². The molecule has 0 aliphatic carbocycles. The molecule has 1 N–H and O–H groups in total. The summed E-state index contributed by atoms with van der Waals surface area (Å²) in [6.07, 6.45) is 1.10. The van der Waals surface area contributed by atoms with Crippen LogP contribution in [0.2, 0.25) is 0 Å². The largest absolute Gasteiger partial charge is 0.310 e. The first-order valence-corrected chi connectivity index (χ1v) is 6.89. The van der Waals surface area contributed by atoms with E-state index in [1.54, 1.807) is 0 Å². The van der Waals surface area contributed by atoms with E-state index < -0.39 is 0 Å². The molecular weight excluding hydrogens is 234 g/mol. The number of carbonyl (C=O) groups is 1. The highest BCUT2D eigenvalue weighted by atomic mass is 16.1. The molecule has 2 aromatic rings. The lowest BCUT2D eigenvalue weighted by Crippen LogP contribution is -2.24. The van der Waals surface area contributed by atoms with Gasteiger partial charge in [-0.2, -0.15) is 0 Å². The van der Waals surface area contributed by atoms with Crippen molar-refractivity contribution in [3.63, 3.8) is 0 Å². The van der Waals surface area contributed by atoms with Crippen LogP contribution in [0, 0.1) is 5.92 Å². The molecule has 0 fully saturated rings. The summed E-state index contributed by atoms with van der Waals surface area (Å²) in [4.78, 5) is 12.1. The van der Waals surface area contributed by atoms with Crippen molar-refractivity contribution >= 4 is 16.6 Å². The number of hydrogen-bond donors (Lipinski definition) is 1. The van der Waals surface area contributed by atoms with Crippen LogP contribution in [-0.4, -0.2) is 18.9 Å². The second-order valence-corrected chi connectivity index (χ2v) is 5.34. The van der Waals surface area contributed by atoms with Crippen LogP contribution in [0.25, 0.3) is 10.8 Å². The fraction of sp³-hybridized carbons (Fsp3) is 0.353. The molecule has 0 heterocycles. The third kappa shape index (κ3) is 3.90. The fourth-order valence-electron chi connectivity index (χ4n) is 2.06. The minimum Gasteiger partial charge on any atom is -0.310 e. The molecule has 0 radical (unpaired) electrons. The Bertz CT molecular complexity index is 560. The standard InChI is InChI=1S/C17H21NO/c1-13(2)9-10-18-12-17(19)16-8-7-14-5-3-4-6-15(14)11-16/h3-8,11,13,18H,9-10,12H2,1-2H3. The molecule has 0 saturated heterocycles. The molecule has 0 spiro atoms. The van der Waals surface area contributed by atoms with E-state index in [1.807, 2.05) is 36.4 Å². The van der Waals surface area contributed by atoms with Crippen LogP contribution in [0.1, 0.15) is 30.6 Å². The molecule has 0 aliphatic heterocycles. The Hall–Kier alpha value is -1.67. The zero-order valence-corrected chi connectivity index (χ0v) is 11.6. The summed E-state index contributed by atoms with van der Waals surface area (Å²) in [6, 6.07) is 14.0. The van der Waals surface area contributed by atoms with Gasteiger partial charge in [0.05, 0.1) is 6.54 Å². The highest BCUT2D eigenvalue weighted by Crippen LogP contribution is 2.15. The Morgan fingerprint density at radius 3 is 2.58 bits per heavy atom. The van der Waals surface area contributed by atoms with Gasteiger partial charge in [-0.05, 0) is 35.7 Å². The first-order chi connectivity index (χ1) is 9.16. The van der Waals surface area contributed by atoms with Crippen LogP contribution in [0.15, 0.2) is 42.5 Å². The highest BCUT2D eigenvalue weighted by Gasteiger charge is 2.06. The molecule has 0 aliphatic rings. The van der Waals surface area contributed by atoms with Crippen molar-refractivity contribution in [3.05, 3.63) is 48.0 Å². The summed E-state index contributed by atoms with van der Waals surface area (Å²) in [7, 11) is 0. The molecular formula is C17H21NO. The first-order valence-electron chi connectivity index (χ1n) is 6.89. The highest BCUT2D eigenvalue weighted by molar-refractivity contribution is 6.01. The smallest absolute Gasteiger partial charge is 0.176 e. The van der Waals surface area contributed by atoms with Crippen molar-refractivity contribution in [1.29, 1.82) is 0 Å². The maximum Gasteiger partial charge on any atom is 0.176 e. The minimum absolute atomic E-state index is 0.162. The van der Waals surface area contributed by atoms with Crippen molar-refractivity contribution in [2.24, 2.45) is 5.92 Å². The zero-order valence-electron chi connectivity index (χ0n) is 11.6. The fourth-order valence-corrected chi connectivity index (χ4v) is 2.06. The van der Waals surface area contributed by atoms with Gasteiger partial charge in [0.25, 0.3) is 0 Å². The van der Waals surface area contributed by atoms with Gasteiger partial charge < -0.3 is 5.32 Å². The number of rotatable bonds is 6. The van der Waals surface area contributed by atoms with E-state index >= 15 is 0 Å². The van der Waals surface area contributed by atoms with Gasteiger partial charge in [0.1, 0.15) is 0 Å². The number of Topliss-reactive ketones (excluding diaryl/α,β-unsaturated/α-hetero) is 1. The van der Waals surface area contributed by atoms with Gasteiger partial charge in [-0.15, -0.1) is 0 Å². The predicted molar refractivity (Wildman–Crippen MR) is 80.6 cm³/mol. The lowest BCUT2D eigenvalue weighted by molar-refractivity contribution is 0.0991. The number of fused-ring (bicyclic) bond motifs is 1. The Balaban J connectivity index is 1.97. The molecule has 2 heteroatoms. The molecule has 0 atom stereocenters. The first kappa shape index (κ1) is 13.8. The minimum atomic E-state index is 0.162. The van der Waals surface area contributed by atoms with Crippen molar-refractivity contribution in [1.82, 2.24) is 5.32 Å². The molecule has 19 heavy (non-hydrogen) atoms. The number of nitrogens with one attached hydrogen (secondary N) is 1. The maximum absolute atomic E-state index is 12.1. The van der Waals surface area contributed by atoms with Crippen molar-refractivity contribution in [3.8, 4) is 0 Å². The average Bonchev–Trinajstić information content (AvgIpc) is 2.42. The SMILES string of the molecule is CC(C)CCNCC(=O)c1ccc2ccccc2c1. The van der Waals surface area contributed by atoms with Gasteiger partial charge >= 0.3 is 0 Å². The maximum atomic E-state index is 12.1. The van der Waals surface area contributed by atoms with Gasteiger partial charge in [-0.1, -0.05) is 50.2 Å². The molecule has 0 unspecified atom stereocenters. The molecule has 0 amide bonds. The number of ketones is 1. The molecule has 100 valence electrons. The third-order valence-electron chi connectivity index (χ3n) is 3.26. The van der Waals surface area contributed by atoms with E-state index in [-0.39, 0.29) is 5.78 Å². The monoisotopic (exact) mass is 255 g/mol. The normalized spacial score (nSPS) is 11.1. The molecule has 0 aromatic heterocycles. The van der Waals surface area contributed by atoms with E-state index in [4.69, 9.17) is 0 Å². The third-order valence-corrected chi connectivity index (χ3v) is 3.26. The lowest BCUT2D eigenvalue weighted by atomic mass is 10.0. The quantitative estimate of drug-likeness (QED) is 0.630. The van der Waals surface area contributed by atoms with Crippen LogP contribution < -0.4 is 5.32 Å². The van der Waals surface area contributed by atoms with Crippen molar-refractivity contribution in [2.45, 2.75) is 20.3 Å². The van der Waals surface area contributed by atoms with Gasteiger partial charge in [0, 0.05) is 5.56 Å². The van der Waals surface area contributed by atoms with Gasteiger partial charge in [0.15, 0.2) is 5.78 Å². The predicted octanol–water partition coefficient (Wildman–Crippen LogP) is 3.66. The Morgan fingerprint density at radius 2 is 1.84 bits per heavy atom. The van der Waals surface area contributed by atoms with Crippen LogP contribution in [0.4, 0.5) is 0 Å². The summed E-state index contributed by atoms with van der Waals surface area (Å²) < 4.78 is 0.